The Hall–Kier alpha value is -2.03. The second-order valence-electron chi connectivity index (χ2n) is 4.17. The van der Waals surface area contributed by atoms with Gasteiger partial charge < -0.3 is 11.5 Å². The van der Waals surface area contributed by atoms with Gasteiger partial charge in [0.2, 0.25) is 0 Å². The molecule has 1 aromatic rings. The third kappa shape index (κ3) is 2.28. The molecular weight excluding hydrogens is 256 g/mol. The van der Waals surface area contributed by atoms with Crippen LogP contribution in [0.2, 0.25) is 0 Å². The normalized spacial score (nSPS) is 14.0. The Morgan fingerprint density at radius 2 is 2.26 bits per heavy atom. The maximum Gasteiger partial charge on any atom is 0.260 e. The van der Waals surface area contributed by atoms with Crippen molar-refractivity contribution in [3.8, 4) is 0 Å². The molecular formula is C15H16N2OS. The summed E-state index contributed by atoms with van der Waals surface area (Å²) in [6, 6.07) is 0. The molecule has 0 unspecified atom stereocenters. The van der Waals surface area contributed by atoms with Crippen LogP contribution in [0.3, 0.4) is 0 Å². The number of amides is 1. The van der Waals surface area contributed by atoms with Gasteiger partial charge >= 0.3 is 0 Å². The largest absolute Gasteiger partial charge is 0.397 e. The molecule has 2 rings (SSSR count). The van der Waals surface area contributed by atoms with Gasteiger partial charge in [0, 0.05) is 10.4 Å². The van der Waals surface area contributed by atoms with Gasteiger partial charge in [-0.2, -0.15) is 0 Å². The van der Waals surface area contributed by atoms with Gasteiger partial charge in [0.25, 0.3) is 5.91 Å². The number of nitrogens with two attached hydrogens (primary N) is 2. The van der Waals surface area contributed by atoms with Crippen LogP contribution in [0.1, 0.15) is 40.4 Å². The Kier molecular flexibility index (Phi) is 3.74. The summed E-state index contributed by atoms with van der Waals surface area (Å²) in [4.78, 5) is 12.8. The van der Waals surface area contributed by atoms with Crippen molar-refractivity contribution in [2.45, 2.75) is 20.3 Å². The number of rotatable bonds is 3. The minimum atomic E-state index is -0.481. The van der Waals surface area contributed by atoms with E-state index in [9.17, 15) is 4.79 Å². The minimum Gasteiger partial charge on any atom is -0.397 e. The standard InChI is InChI=1S/C15H16N2OS/c1-3-9(4-2)10-7-5-6-8-11-12(10)13(16)14(19-11)15(17)18/h3,5,7-8H,4,16H2,1-2H3,(H2,17,18)/b9-3-. The Labute approximate surface area is 116 Å². The van der Waals surface area contributed by atoms with Gasteiger partial charge in [-0.25, -0.2) is 0 Å². The van der Waals surface area contributed by atoms with Crippen molar-refractivity contribution in [3.63, 3.8) is 0 Å². The molecule has 0 atom stereocenters. The monoisotopic (exact) mass is 272 g/mol. The molecule has 0 bridgehead atoms. The number of fused-ring (bicyclic) bond motifs is 1. The lowest BCUT2D eigenvalue weighted by molar-refractivity contribution is 0.100. The lowest BCUT2D eigenvalue weighted by atomic mass is 9.94. The highest BCUT2D eigenvalue weighted by molar-refractivity contribution is 7.15. The molecule has 0 spiro atoms. The van der Waals surface area contributed by atoms with E-state index >= 15 is 0 Å². The molecule has 0 fully saturated rings. The van der Waals surface area contributed by atoms with Crippen molar-refractivity contribution in [1.82, 2.24) is 0 Å². The molecule has 4 N–H and O–H groups in total. The van der Waals surface area contributed by atoms with Gasteiger partial charge in [-0.05, 0) is 42.7 Å². The van der Waals surface area contributed by atoms with E-state index < -0.39 is 5.91 Å². The van der Waals surface area contributed by atoms with E-state index in [4.69, 9.17) is 11.5 Å². The molecule has 4 heteroatoms. The highest BCUT2D eigenvalue weighted by Crippen LogP contribution is 2.41. The Bertz CT molecular complexity index is 656. The summed E-state index contributed by atoms with van der Waals surface area (Å²) in [5.41, 5.74) is 18.1. The predicted octanol–water partition coefficient (Wildman–Crippen LogP) is 3.35. The first kappa shape index (κ1) is 13.4. The topological polar surface area (TPSA) is 69.1 Å². The Morgan fingerprint density at radius 3 is 2.84 bits per heavy atom. The minimum absolute atomic E-state index is 0.419. The molecule has 1 aromatic heterocycles. The smallest absolute Gasteiger partial charge is 0.260 e. The van der Waals surface area contributed by atoms with Gasteiger partial charge in [0.1, 0.15) is 4.88 Å². The molecule has 19 heavy (non-hydrogen) atoms. The highest BCUT2D eigenvalue weighted by Gasteiger charge is 2.22. The van der Waals surface area contributed by atoms with E-state index in [-0.39, 0.29) is 0 Å². The van der Waals surface area contributed by atoms with Gasteiger partial charge in [0.05, 0.1) is 5.69 Å². The number of allylic oxidation sites excluding steroid dienone is 5. The zero-order valence-corrected chi connectivity index (χ0v) is 11.8. The molecule has 1 aliphatic carbocycles. The van der Waals surface area contributed by atoms with Crippen molar-refractivity contribution in [2.24, 2.45) is 5.73 Å². The van der Waals surface area contributed by atoms with Crippen LogP contribution in [0, 0.1) is 0 Å². The van der Waals surface area contributed by atoms with E-state index in [0.717, 1.165) is 22.4 Å². The van der Waals surface area contributed by atoms with E-state index in [0.29, 0.717) is 10.6 Å². The van der Waals surface area contributed by atoms with E-state index in [2.05, 4.69) is 18.7 Å². The van der Waals surface area contributed by atoms with Crippen molar-refractivity contribution in [2.75, 3.05) is 5.73 Å². The van der Waals surface area contributed by atoms with Gasteiger partial charge in [-0.1, -0.05) is 13.0 Å². The number of primary amides is 1. The van der Waals surface area contributed by atoms with Crippen LogP contribution < -0.4 is 11.5 Å². The summed E-state index contributed by atoms with van der Waals surface area (Å²) in [5.74, 6) is -0.481. The number of hydrogen-bond acceptors (Lipinski definition) is 3. The van der Waals surface area contributed by atoms with Crippen LogP contribution in [0.5, 0.6) is 0 Å². The summed E-state index contributed by atoms with van der Waals surface area (Å²) >= 11 is 1.32. The van der Waals surface area contributed by atoms with E-state index in [1.54, 1.807) is 0 Å². The second kappa shape index (κ2) is 5.31. The average Bonchev–Trinajstić information content (AvgIpc) is 2.58. The van der Waals surface area contributed by atoms with Crippen LogP contribution in [0.25, 0.3) is 11.6 Å². The lowest BCUT2D eigenvalue weighted by Gasteiger charge is -2.10. The third-order valence-corrected chi connectivity index (χ3v) is 4.27. The summed E-state index contributed by atoms with van der Waals surface area (Å²) in [6.07, 6.45) is 8.65. The molecule has 0 aliphatic heterocycles. The number of carbonyl (C=O) groups is 1. The van der Waals surface area contributed by atoms with Gasteiger partial charge in [0.15, 0.2) is 0 Å². The summed E-state index contributed by atoms with van der Waals surface area (Å²) < 4.78 is 0. The SMILES string of the molecule is C/C=C(/CC)C1=CC=C=Cc2sc(C(N)=O)c(N)c21. The number of carbonyl (C=O) groups excluding carboxylic acids is 1. The zero-order valence-electron chi connectivity index (χ0n) is 11.0. The van der Waals surface area contributed by atoms with Crippen molar-refractivity contribution >= 4 is 34.6 Å². The number of anilines is 1. The highest BCUT2D eigenvalue weighted by atomic mass is 32.1. The maximum atomic E-state index is 11.4. The first-order valence-electron chi connectivity index (χ1n) is 6.10. The third-order valence-electron chi connectivity index (χ3n) is 3.10. The maximum absolute atomic E-state index is 11.4. The Morgan fingerprint density at radius 1 is 1.53 bits per heavy atom. The van der Waals surface area contributed by atoms with Crippen LogP contribution in [0.4, 0.5) is 5.69 Å². The molecule has 0 aromatic carbocycles. The molecule has 1 aliphatic rings. The number of nitrogen functional groups attached to an aromatic ring is 1. The predicted molar refractivity (Wildman–Crippen MR) is 81.8 cm³/mol. The van der Waals surface area contributed by atoms with Gasteiger partial charge in [-0.3, -0.25) is 4.79 Å². The van der Waals surface area contributed by atoms with Crippen molar-refractivity contribution in [1.29, 1.82) is 0 Å². The lowest BCUT2D eigenvalue weighted by Crippen LogP contribution is -2.11. The molecule has 1 amide bonds. The molecule has 0 saturated carbocycles. The fraction of sp³-hybridized carbons (Fsp3) is 0.200. The fourth-order valence-corrected chi connectivity index (χ4v) is 3.16. The van der Waals surface area contributed by atoms with Crippen molar-refractivity contribution < 1.29 is 4.79 Å². The first-order valence-corrected chi connectivity index (χ1v) is 6.92. The second-order valence-corrected chi connectivity index (χ2v) is 5.23. The number of thiophene rings is 1. The van der Waals surface area contributed by atoms with Gasteiger partial charge in [-0.15, -0.1) is 17.1 Å². The average molecular weight is 272 g/mol. The number of hydrogen-bond donors (Lipinski definition) is 2. The quantitative estimate of drug-likeness (QED) is 0.828. The first-order chi connectivity index (χ1) is 9.10. The molecule has 98 valence electrons. The van der Waals surface area contributed by atoms with Crippen LogP contribution in [-0.2, 0) is 0 Å². The summed E-state index contributed by atoms with van der Waals surface area (Å²) in [6.45, 7) is 4.09. The zero-order chi connectivity index (χ0) is 14.0. The van der Waals surface area contributed by atoms with Crippen LogP contribution in [0.15, 0.2) is 29.5 Å². The molecule has 3 nitrogen and oxygen atoms in total. The molecule has 0 saturated heterocycles. The summed E-state index contributed by atoms with van der Waals surface area (Å²) in [7, 11) is 0. The van der Waals surface area contributed by atoms with E-state index in [1.807, 2.05) is 25.2 Å². The fourth-order valence-electron chi connectivity index (χ4n) is 2.18. The molecule has 1 heterocycles. The summed E-state index contributed by atoms with van der Waals surface area (Å²) in [5, 5.41) is 0. The molecule has 0 radical (unpaired) electrons. The van der Waals surface area contributed by atoms with Crippen LogP contribution in [-0.4, -0.2) is 5.91 Å². The Balaban J connectivity index is 2.71. The van der Waals surface area contributed by atoms with Crippen LogP contribution >= 0.6 is 11.3 Å². The van der Waals surface area contributed by atoms with E-state index in [1.165, 1.54) is 16.9 Å². The van der Waals surface area contributed by atoms with Crippen molar-refractivity contribution in [3.05, 3.63) is 44.9 Å².